The molecule has 13 heavy (non-hydrogen) atoms. The van der Waals surface area contributed by atoms with Crippen molar-refractivity contribution in [2.75, 3.05) is 20.6 Å². The molecule has 0 aromatic rings. The van der Waals surface area contributed by atoms with Gasteiger partial charge in [-0.15, -0.1) is 0 Å². The molecule has 0 radical (unpaired) electrons. The summed E-state index contributed by atoms with van der Waals surface area (Å²) in [5.74, 6) is -0.0660. The number of likely N-dealkylation sites (N-methyl/N-ethyl adjacent to an activating group) is 1. The van der Waals surface area contributed by atoms with Crippen LogP contribution in [0.5, 0.6) is 0 Å². The van der Waals surface area contributed by atoms with E-state index >= 15 is 0 Å². The number of hydrogen-bond donors (Lipinski definition) is 0. The Balaban J connectivity index is 2.69. The molecule has 1 saturated heterocycles. The average molecular weight is 182 g/mol. The summed E-state index contributed by atoms with van der Waals surface area (Å²) in [6.45, 7) is 0.732. The van der Waals surface area contributed by atoms with Crippen molar-refractivity contribution in [2.45, 2.75) is 12.8 Å². The number of carbonyl (C=O) groups is 2. The lowest BCUT2D eigenvalue weighted by Gasteiger charge is -2.12. The van der Waals surface area contributed by atoms with E-state index in [-0.39, 0.29) is 5.91 Å². The van der Waals surface area contributed by atoms with E-state index in [2.05, 4.69) is 0 Å². The third kappa shape index (κ3) is 2.31. The molecule has 0 bridgehead atoms. The summed E-state index contributed by atoms with van der Waals surface area (Å²) < 4.78 is 0. The highest BCUT2D eigenvalue weighted by Gasteiger charge is 2.17. The summed E-state index contributed by atoms with van der Waals surface area (Å²) in [6, 6.07) is 0. The number of allylic oxidation sites excluding steroid dienone is 1. The zero-order chi connectivity index (χ0) is 9.84. The zero-order valence-corrected chi connectivity index (χ0v) is 7.99. The minimum Gasteiger partial charge on any atom is -0.345 e. The van der Waals surface area contributed by atoms with Gasteiger partial charge in [0, 0.05) is 32.4 Å². The minimum atomic E-state index is -0.0660. The van der Waals surface area contributed by atoms with Gasteiger partial charge in [0.1, 0.15) is 0 Å². The van der Waals surface area contributed by atoms with Gasteiger partial charge in [0.2, 0.25) is 12.3 Å². The predicted molar refractivity (Wildman–Crippen MR) is 48.8 cm³/mol. The molecule has 0 aromatic heterocycles. The quantitative estimate of drug-likeness (QED) is 0.452. The van der Waals surface area contributed by atoms with Crippen LogP contribution in [0.3, 0.4) is 0 Å². The highest BCUT2D eigenvalue weighted by Crippen LogP contribution is 2.18. The first kappa shape index (κ1) is 9.77. The van der Waals surface area contributed by atoms with E-state index in [1.165, 1.54) is 11.0 Å². The Kier molecular flexibility index (Phi) is 3.06. The minimum absolute atomic E-state index is 0.0660. The van der Waals surface area contributed by atoms with Crippen LogP contribution in [0.25, 0.3) is 0 Å². The summed E-state index contributed by atoms with van der Waals surface area (Å²) in [4.78, 5) is 24.9. The standard InChI is InChI=1S/C9H14N2O2/c1-10(2)9(13)6-8-4-3-5-11(8)7-12/h6-7H,3-5H2,1-2H3/b8-6-. The van der Waals surface area contributed by atoms with Crippen molar-refractivity contribution in [3.63, 3.8) is 0 Å². The fraction of sp³-hybridized carbons (Fsp3) is 0.556. The third-order valence-corrected chi connectivity index (χ3v) is 2.06. The number of nitrogens with zero attached hydrogens (tertiary/aromatic N) is 2. The van der Waals surface area contributed by atoms with Crippen molar-refractivity contribution in [3.05, 3.63) is 11.8 Å². The molecule has 0 N–H and O–H groups in total. The first-order valence-electron chi connectivity index (χ1n) is 4.29. The van der Waals surface area contributed by atoms with Gasteiger partial charge in [-0.25, -0.2) is 0 Å². The molecule has 1 rings (SSSR count). The second kappa shape index (κ2) is 4.07. The number of amides is 2. The van der Waals surface area contributed by atoms with E-state index in [1.54, 1.807) is 19.0 Å². The Bertz CT molecular complexity index is 246. The molecule has 0 spiro atoms. The van der Waals surface area contributed by atoms with Crippen molar-refractivity contribution in [3.8, 4) is 0 Å². The van der Waals surface area contributed by atoms with Crippen molar-refractivity contribution < 1.29 is 9.59 Å². The molecule has 0 atom stereocenters. The summed E-state index contributed by atoms with van der Waals surface area (Å²) in [5, 5.41) is 0. The fourth-order valence-electron chi connectivity index (χ4n) is 1.26. The van der Waals surface area contributed by atoms with Crippen LogP contribution in [-0.4, -0.2) is 42.8 Å². The van der Waals surface area contributed by atoms with E-state index in [9.17, 15) is 9.59 Å². The first-order valence-corrected chi connectivity index (χ1v) is 4.29. The van der Waals surface area contributed by atoms with Gasteiger partial charge in [0.15, 0.2) is 0 Å². The predicted octanol–water partition coefficient (Wildman–Crippen LogP) is 0.211. The Morgan fingerprint density at radius 2 is 2.23 bits per heavy atom. The molecule has 1 fully saturated rings. The molecule has 1 heterocycles. The van der Waals surface area contributed by atoms with Crippen molar-refractivity contribution in [2.24, 2.45) is 0 Å². The van der Waals surface area contributed by atoms with E-state index in [0.717, 1.165) is 31.5 Å². The van der Waals surface area contributed by atoms with Crippen LogP contribution in [0.1, 0.15) is 12.8 Å². The van der Waals surface area contributed by atoms with E-state index in [1.807, 2.05) is 0 Å². The van der Waals surface area contributed by atoms with Crippen LogP contribution < -0.4 is 0 Å². The average Bonchev–Trinajstić information content (AvgIpc) is 2.51. The lowest BCUT2D eigenvalue weighted by molar-refractivity contribution is -0.123. The summed E-state index contributed by atoms with van der Waals surface area (Å²) >= 11 is 0. The van der Waals surface area contributed by atoms with Gasteiger partial charge < -0.3 is 9.80 Å². The monoisotopic (exact) mass is 182 g/mol. The summed E-state index contributed by atoms with van der Waals surface area (Å²) in [5.41, 5.74) is 0.828. The first-order chi connectivity index (χ1) is 6.15. The van der Waals surface area contributed by atoms with E-state index in [0.29, 0.717) is 0 Å². The number of carbonyl (C=O) groups excluding carboxylic acids is 2. The van der Waals surface area contributed by atoms with E-state index < -0.39 is 0 Å². The zero-order valence-electron chi connectivity index (χ0n) is 7.99. The van der Waals surface area contributed by atoms with Gasteiger partial charge in [-0.05, 0) is 12.8 Å². The van der Waals surface area contributed by atoms with Crippen LogP contribution in [0, 0.1) is 0 Å². The normalized spacial score (nSPS) is 19.2. The van der Waals surface area contributed by atoms with Gasteiger partial charge in [-0.2, -0.15) is 0 Å². The molecule has 0 aromatic carbocycles. The molecule has 4 heteroatoms. The summed E-state index contributed by atoms with van der Waals surface area (Å²) in [6.07, 6.45) is 4.08. The largest absolute Gasteiger partial charge is 0.345 e. The lowest BCUT2D eigenvalue weighted by atomic mass is 10.3. The maximum absolute atomic E-state index is 11.3. The van der Waals surface area contributed by atoms with Gasteiger partial charge in [-0.3, -0.25) is 9.59 Å². The molecular formula is C9H14N2O2. The maximum Gasteiger partial charge on any atom is 0.247 e. The third-order valence-electron chi connectivity index (χ3n) is 2.06. The Morgan fingerprint density at radius 3 is 2.77 bits per heavy atom. The number of hydrogen-bond acceptors (Lipinski definition) is 2. The topological polar surface area (TPSA) is 40.6 Å². The van der Waals surface area contributed by atoms with Crippen molar-refractivity contribution in [1.29, 1.82) is 0 Å². The fourth-order valence-corrected chi connectivity index (χ4v) is 1.26. The maximum atomic E-state index is 11.3. The smallest absolute Gasteiger partial charge is 0.247 e. The van der Waals surface area contributed by atoms with Crippen molar-refractivity contribution in [1.82, 2.24) is 9.80 Å². The van der Waals surface area contributed by atoms with Gasteiger partial charge in [0.25, 0.3) is 0 Å². The second-order valence-corrected chi connectivity index (χ2v) is 3.27. The van der Waals surface area contributed by atoms with Crippen LogP contribution in [0.2, 0.25) is 0 Å². The molecular weight excluding hydrogens is 168 g/mol. The molecule has 2 amide bonds. The highest BCUT2D eigenvalue weighted by atomic mass is 16.2. The summed E-state index contributed by atoms with van der Waals surface area (Å²) in [7, 11) is 3.39. The van der Waals surface area contributed by atoms with Crippen LogP contribution in [0.4, 0.5) is 0 Å². The van der Waals surface area contributed by atoms with Gasteiger partial charge in [-0.1, -0.05) is 0 Å². The van der Waals surface area contributed by atoms with Gasteiger partial charge in [0.05, 0.1) is 0 Å². The molecule has 0 aliphatic carbocycles. The molecule has 1 aliphatic rings. The Morgan fingerprint density at radius 1 is 1.54 bits per heavy atom. The van der Waals surface area contributed by atoms with Gasteiger partial charge >= 0.3 is 0 Å². The molecule has 4 nitrogen and oxygen atoms in total. The van der Waals surface area contributed by atoms with Crippen LogP contribution in [-0.2, 0) is 9.59 Å². The number of likely N-dealkylation sites (tertiary alicyclic amines) is 1. The van der Waals surface area contributed by atoms with Crippen LogP contribution in [0.15, 0.2) is 11.8 Å². The molecule has 0 unspecified atom stereocenters. The highest BCUT2D eigenvalue weighted by molar-refractivity contribution is 5.88. The SMILES string of the molecule is CN(C)C(=O)/C=C1/CCCN1C=O. The van der Waals surface area contributed by atoms with Crippen molar-refractivity contribution >= 4 is 12.3 Å². The van der Waals surface area contributed by atoms with Crippen LogP contribution >= 0.6 is 0 Å². The Labute approximate surface area is 77.8 Å². The molecule has 1 aliphatic heterocycles. The molecule has 72 valence electrons. The Hall–Kier alpha value is -1.32. The number of rotatable bonds is 2. The van der Waals surface area contributed by atoms with E-state index in [4.69, 9.17) is 0 Å². The molecule has 0 saturated carbocycles. The second-order valence-electron chi connectivity index (χ2n) is 3.27. The lowest BCUT2D eigenvalue weighted by Crippen LogP contribution is -2.22.